The molecule has 1 aliphatic rings. The average Bonchev–Trinajstić information content (AvgIpc) is 2.94. The molecule has 1 amide bonds. The second-order valence-corrected chi connectivity index (χ2v) is 6.77. The highest BCUT2D eigenvalue weighted by Gasteiger charge is 2.27. The van der Waals surface area contributed by atoms with Crippen LogP contribution in [0.15, 0.2) is 0 Å². The molecule has 1 atom stereocenters. The van der Waals surface area contributed by atoms with Crippen LogP contribution in [0.1, 0.15) is 72.1 Å². The Balaban J connectivity index is 2.49. The van der Waals surface area contributed by atoms with Crippen LogP contribution in [-0.2, 0) is 4.79 Å². The van der Waals surface area contributed by atoms with E-state index in [1.165, 1.54) is 25.7 Å². The maximum Gasteiger partial charge on any atom is 0.222 e. The molecule has 1 unspecified atom stereocenters. The number of hydrogen-bond acceptors (Lipinski definition) is 2. The molecular weight excluding hydrogens is 248 g/mol. The predicted octanol–water partition coefficient (Wildman–Crippen LogP) is 3.57. The second-order valence-electron chi connectivity index (χ2n) is 6.77. The van der Waals surface area contributed by atoms with E-state index in [2.05, 4.69) is 25.7 Å². The summed E-state index contributed by atoms with van der Waals surface area (Å²) in [4.78, 5) is 14.8. The van der Waals surface area contributed by atoms with Gasteiger partial charge in [-0.25, -0.2) is 0 Å². The van der Waals surface area contributed by atoms with Gasteiger partial charge in [0.05, 0.1) is 0 Å². The minimum absolute atomic E-state index is 0.376. The fourth-order valence-corrected chi connectivity index (χ4v) is 3.32. The van der Waals surface area contributed by atoms with Gasteiger partial charge in [0.15, 0.2) is 0 Å². The van der Waals surface area contributed by atoms with E-state index in [1.54, 1.807) is 0 Å². The third-order valence-corrected chi connectivity index (χ3v) is 4.57. The van der Waals surface area contributed by atoms with Gasteiger partial charge in [0, 0.05) is 19.0 Å². The molecule has 1 fully saturated rings. The standard InChI is InChI=1S/C17H34N2O/c1-4-15(11-12-18)9-10-17(20)19(13-14(2)3)16-7-5-6-8-16/h14-16H,4-13,18H2,1-3H3. The first-order valence-corrected chi connectivity index (χ1v) is 8.58. The maximum absolute atomic E-state index is 12.6. The Morgan fingerprint density at radius 3 is 2.40 bits per heavy atom. The van der Waals surface area contributed by atoms with E-state index in [1.807, 2.05) is 0 Å². The molecule has 0 aromatic heterocycles. The topological polar surface area (TPSA) is 46.3 Å². The molecule has 0 aromatic rings. The van der Waals surface area contributed by atoms with Crippen molar-refractivity contribution in [2.75, 3.05) is 13.1 Å². The van der Waals surface area contributed by atoms with Crippen molar-refractivity contribution in [2.24, 2.45) is 17.6 Å². The number of amides is 1. The maximum atomic E-state index is 12.6. The normalized spacial score (nSPS) is 17.6. The first-order chi connectivity index (χ1) is 9.58. The Kier molecular flexibility index (Phi) is 8.20. The molecule has 0 saturated heterocycles. The van der Waals surface area contributed by atoms with Crippen LogP contribution in [0.4, 0.5) is 0 Å². The average molecular weight is 282 g/mol. The first kappa shape index (κ1) is 17.5. The Hall–Kier alpha value is -0.570. The number of hydrogen-bond donors (Lipinski definition) is 1. The lowest BCUT2D eigenvalue weighted by atomic mass is 9.96. The van der Waals surface area contributed by atoms with E-state index in [9.17, 15) is 4.79 Å². The van der Waals surface area contributed by atoms with Crippen molar-refractivity contribution in [3.05, 3.63) is 0 Å². The lowest BCUT2D eigenvalue weighted by Gasteiger charge is -2.31. The third-order valence-electron chi connectivity index (χ3n) is 4.57. The first-order valence-electron chi connectivity index (χ1n) is 8.58. The summed E-state index contributed by atoms with van der Waals surface area (Å²) in [6.45, 7) is 8.28. The van der Waals surface area contributed by atoms with Crippen molar-refractivity contribution in [3.8, 4) is 0 Å². The number of carbonyl (C=O) groups is 1. The minimum Gasteiger partial charge on any atom is -0.339 e. The fraction of sp³-hybridized carbons (Fsp3) is 0.941. The summed E-state index contributed by atoms with van der Waals surface area (Å²) >= 11 is 0. The monoisotopic (exact) mass is 282 g/mol. The zero-order valence-electron chi connectivity index (χ0n) is 13.7. The summed E-state index contributed by atoms with van der Waals surface area (Å²) in [6, 6.07) is 0.513. The van der Waals surface area contributed by atoms with Crippen molar-refractivity contribution >= 4 is 5.91 Å². The summed E-state index contributed by atoms with van der Waals surface area (Å²) in [6.07, 6.45) is 8.90. The lowest BCUT2D eigenvalue weighted by Crippen LogP contribution is -2.41. The van der Waals surface area contributed by atoms with E-state index < -0.39 is 0 Å². The molecule has 118 valence electrons. The smallest absolute Gasteiger partial charge is 0.222 e. The summed E-state index contributed by atoms with van der Waals surface area (Å²) in [7, 11) is 0. The van der Waals surface area contributed by atoms with Crippen LogP contribution in [0.2, 0.25) is 0 Å². The fourth-order valence-electron chi connectivity index (χ4n) is 3.32. The number of nitrogens with zero attached hydrogens (tertiary/aromatic N) is 1. The summed E-state index contributed by atoms with van der Waals surface area (Å²) in [5.41, 5.74) is 5.64. The van der Waals surface area contributed by atoms with Crippen molar-refractivity contribution in [2.45, 2.75) is 78.2 Å². The predicted molar refractivity (Wildman–Crippen MR) is 85.5 cm³/mol. The zero-order valence-corrected chi connectivity index (χ0v) is 13.7. The van der Waals surface area contributed by atoms with Gasteiger partial charge in [-0.3, -0.25) is 4.79 Å². The van der Waals surface area contributed by atoms with Gasteiger partial charge in [-0.1, -0.05) is 40.0 Å². The molecule has 0 heterocycles. The Bertz CT molecular complexity index is 272. The molecule has 20 heavy (non-hydrogen) atoms. The van der Waals surface area contributed by atoms with Gasteiger partial charge < -0.3 is 10.6 Å². The van der Waals surface area contributed by atoms with Gasteiger partial charge in [-0.05, 0) is 44.1 Å². The minimum atomic E-state index is 0.376. The molecule has 3 heteroatoms. The van der Waals surface area contributed by atoms with E-state index >= 15 is 0 Å². The second kappa shape index (κ2) is 9.38. The molecular formula is C17H34N2O. The molecule has 0 bridgehead atoms. The van der Waals surface area contributed by atoms with E-state index in [0.717, 1.165) is 32.4 Å². The van der Waals surface area contributed by atoms with Crippen LogP contribution < -0.4 is 5.73 Å². The van der Waals surface area contributed by atoms with Gasteiger partial charge in [0.2, 0.25) is 5.91 Å². The van der Waals surface area contributed by atoms with Gasteiger partial charge in [-0.2, -0.15) is 0 Å². The number of rotatable bonds is 9. The molecule has 1 rings (SSSR count). The number of nitrogens with two attached hydrogens (primary N) is 1. The highest BCUT2D eigenvalue weighted by molar-refractivity contribution is 5.76. The van der Waals surface area contributed by atoms with Crippen LogP contribution in [0.5, 0.6) is 0 Å². The van der Waals surface area contributed by atoms with E-state index in [-0.39, 0.29) is 0 Å². The van der Waals surface area contributed by atoms with Crippen molar-refractivity contribution in [1.82, 2.24) is 4.90 Å². The highest BCUT2D eigenvalue weighted by Crippen LogP contribution is 2.26. The van der Waals surface area contributed by atoms with Gasteiger partial charge in [-0.15, -0.1) is 0 Å². The van der Waals surface area contributed by atoms with Gasteiger partial charge in [0.25, 0.3) is 0 Å². The lowest BCUT2D eigenvalue weighted by molar-refractivity contribution is -0.134. The van der Waals surface area contributed by atoms with Crippen molar-refractivity contribution in [1.29, 1.82) is 0 Å². The molecule has 1 saturated carbocycles. The summed E-state index contributed by atoms with van der Waals surface area (Å²) in [5.74, 6) is 1.56. The Morgan fingerprint density at radius 2 is 1.90 bits per heavy atom. The molecule has 3 nitrogen and oxygen atoms in total. The zero-order chi connectivity index (χ0) is 15.0. The Morgan fingerprint density at radius 1 is 1.25 bits per heavy atom. The Labute approximate surface area is 125 Å². The number of carbonyl (C=O) groups excluding carboxylic acids is 1. The van der Waals surface area contributed by atoms with Gasteiger partial charge in [0.1, 0.15) is 0 Å². The molecule has 2 N–H and O–H groups in total. The SMILES string of the molecule is CCC(CCN)CCC(=O)N(CC(C)C)C1CCCC1. The van der Waals surface area contributed by atoms with Crippen molar-refractivity contribution in [3.63, 3.8) is 0 Å². The largest absolute Gasteiger partial charge is 0.339 e. The molecule has 0 radical (unpaired) electrons. The quantitative estimate of drug-likeness (QED) is 0.702. The van der Waals surface area contributed by atoms with Crippen LogP contribution >= 0.6 is 0 Å². The summed E-state index contributed by atoms with van der Waals surface area (Å²) < 4.78 is 0. The van der Waals surface area contributed by atoms with Crippen LogP contribution in [-0.4, -0.2) is 29.9 Å². The van der Waals surface area contributed by atoms with Crippen LogP contribution in [0.3, 0.4) is 0 Å². The van der Waals surface area contributed by atoms with E-state index in [4.69, 9.17) is 5.73 Å². The molecule has 0 spiro atoms. The summed E-state index contributed by atoms with van der Waals surface area (Å²) in [5, 5.41) is 0. The van der Waals surface area contributed by atoms with E-state index in [0.29, 0.717) is 30.2 Å². The van der Waals surface area contributed by atoms with Crippen LogP contribution in [0, 0.1) is 11.8 Å². The van der Waals surface area contributed by atoms with Crippen LogP contribution in [0.25, 0.3) is 0 Å². The highest BCUT2D eigenvalue weighted by atomic mass is 16.2. The van der Waals surface area contributed by atoms with Crippen molar-refractivity contribution < 1.29 is 4.79 Å². The molecule has 0 aromatic carbocycles. The molecule has 1 aliphatic carbocycles. The van der Waals surface area contributed by atoms with Gasteiger partial charge >= 0.3 is 0 Å². The molecule has 0 aliphatic heterocycles. The third kappa shape index (κ3) is 5.82.